The number of aromatic nitrogens is 3. The van der Waals surface area contributed by atoms with Gasteiger partial charge in [-0.05, 0) is 13.0 Å². The van der Waals surface area contributed by atoms with Gasteiger partial charge in [0.1, 0.15) is 5.82 Å². The van der Waals surface area contributed by atoms with Gasteiger partial charge in [-0.3, -0.25) is 0 Å². The van der Waals surface area contributed by atoms with E-state index in [1.165, 1.54) is 12.4 Å². The van der Waals surface area contributed by atoms with Crippen LogP contribution in [0.1, 0.15) is 24.4 Å². The largest absolute Gasteiger partial charge is 0.436 e. The molecule has 2 aromatic rings. The van der Waals surface area contributed by atoms with Gasteiger partial charge in [-0.1, -0.05) is 0 Å². The Labute approximate surface area is 112 Å². The zero-order chi connectivity index (χ0) is 14.8. The quantitative estimate of drug-likeness (QED) is 0.938. The Morgan fingerprint density at radius 1 is 1.10 bits per heavy atom. The van der Waals surface area contributed by atoms with E-state index in [9.17, 15) is 13.2 Å². The predicted octanol–water partition coefficient (Wildman–Crippen LogP) is 2.70. The molecule has 8 heteroatoms. The van der Waals surface area contributed by atoms with Crippen LogP contribution in [-0.4, -0.2) is 15.0 Å². The zero-order valence-electron chi connectivity index (χ0n) is 10.4. The number of pyridine rings is 1. The number of halogens is 3. The summed E-state index contributed by atoms with van der Waals surface area (Å²) in [5.74, 6) is 0.731. The molecule has 0 saturated heterocycles. The molecule has 0 spiro atoms. The maximum Gasteiger partial charge on any atom is 0.417 e. The van der Waals surface area contributed by atoms with E-state index in [0.717, 1.165) is 12.1 Å². The molecule has 0 aliphatic heterocycles. The molecule has 2 rings (SSSR count). The van der Waals surface area contributed by atoms with Gasteiger partial charge in [0.05, 0.1) is 24.0 Å². The van der Waals surface area contributed by atoms with Crippen LogP contribution in [0.3, 0.4) is 0 Å². The minimum Gasteiger partial charge on any atom is -0.436 e. The highest BCUT2D eigenvalue weighted by Crippen LogP contribution is 2.29. The maximum absolute atomic E-state index is 12.4. The van der Waals surface area contributed by atoms with Crippen molar-refractivity contribution in [1.82, 2.24) is 15.0 Å². The first-order valence-electron chi connectivity index (χ1n) is 5.65. The summed E-state index contributed by atoms with van der Waals surface area (Å²) in [6.45, 7) is 1.73. The Balaban J connectivity index is 2.10. The van der Waals surface area contributed by atoms with E-state index in [1.807, 2.05) is 0 Å². The fraction of sp³-hybridized carbons (Fsp3) is 0.250. The Hall–Kier alpha value is -2.22. The van der Waals surface area contributed by atoms with Crippen LogP contribution in [0.25, 0.3) is 0 Å². The van der Waals surface area contributed by atoms with Gasteiger partial charge in [0.25, 0.3) is 0 Å². The summed E-state index contributed by atoms with van der Waals surface area (Å²) in [7, 11) is 0. The highest BCUT2D eigenvalue weighted by Gasteiger charge is 2.30. The van der Waals surface area contributed by atoms with Crippen LogP contribution in [0.15, 0.2) is 30.7 Å². The van der Waals surface area contributed by atoms with E-state index < -0.39 is 11.7 Å². The lowest BCUT2D eigenvalue weighted by Gasteiger charge is -2.08. The third-order valence-electron chi connectivity index (χ3n) is 2.34. The second-order valence-corrected chi connectivity index (χ2v) is 4.05. The summed E-state index contributed by atoms with van der Waals surface area (Å²) < 4.78 is 42.3. The standard InChI is InChI=1S/C12H11F3N4O/c1-7(16)11-18-5-9(6-19-11)20-10-3-2-8(4-17-10)12(13,14)15/h2-7H,16H2,1H3/t7-/m0/s1. The monoisotopic (exact) mass is 284 g/mol. The van der Waals surface area contributed by atoms with E-state index in [0.29, 0.717) is 12.0 Å². The highest BCUT2D eigenvalue weighted by atomic mass is 19.4. The first-order valence-corrected chi connectivity index (χ1v) is 5.65. The molecule has 0 fully saturated rings. The van der Waals surface area contributed by atoms with Gasteiger partial charge in [-0.2, -0.15) is 13.2 Å². The van der Waals surface area contributed by atoms with E-state index >= 15 is 0 Å². The number of hydrogen-bond donors (Lipinski definition) is 1. The number of ether oxygens (including phenoxy) is 1. The summed E-state index contributed by atoms with van der Waals surface area (Å²) in [4.78, 5) is 11.5. The smallest absolute Gasteiger partial charge is 0.417 e. The first kappa shape index (κ1) is 14.2. The van der Waals surface area contributed by atoms with E-state index in [1.54, 1.807) is 6.92 Å². The molecule has 0 aliphatic carbocycles. The Morgan fingerprint density at radius 3 is 2.20 bits per heavy atom. The van der Waals surface area contributed by atoms with Crippen molar-refractivity contribution in [3.63, 3.8) is 0 Å². The average Bonchev–Trinajstić information content (AvgIpc) is 2.39. The average molecular weight is 284 g/mol. The predicted molar refractivity (Wildman–Crippen MR) is 63.9 cm³/mol. The summed E-state index contributed by atoms with van der Waals surface area (Å²) in [5, 5.41) is 0. The molecule has 0 bridgehead atoms. The van der Waals surface area contributed by atoms with Gasteiger partial charge in [-0.25, -0.2) is 15.0 Å². The lowest BCUT2D eigenvalue weighted by Crippen LogP contribution is -2.09. The Bertz CT molecular complexity index is 567. The molecule has 0 radical (unpaired) electrons. The van der Waals surface area contributed by atoms with Crippen LogP contribution in [0.4, 0.5) is 13.2 Å². The second-order valence-electron chi connectivity index (χ2n) is 4.05. The topological polar surface area (TPSA) is 73.9 Å². The van der Waals surface area contributed by atoms with Gasteiger partial charge < -0.3 is 10.5 Å². The number of nitrogens with two attached hydrogens (primary N) is 1. The second kappa shape index (κ2) is 5.41. The van der Waals surface area contributed by atoms with E-state index in [2.05, 4.69) is 15.0 Å². The van der Waals surface area contributed by atoms with Crippen molar-refractivity contribution in [1.29, 1.82) is 0 Å². The molecule has 0 amide bonds. The molecule has 0 aromatic carbocycles. The lowest BCUT2D eigenvalue weighted by atomic mass is 10.3. The van der Waals surface area contributed by atoms with Crippen molar-refractivity contribution >= 4 is 0 Å². The molecular formula is C12H11F3N4O. The van der Waals surface area contributed by atoms with Crippen LogP contribution in [0, 0.1) is 0 Å². The van der Waals surface area contributed by atoms with Gasteiger partial charge in [0.2, 0.25) is 5.88 Å². The van der Waals surface area contributed by atoms with E-state index in [-0.39, 0.29) is 17.7 Å². The van der Waals surface area contributed by atoms with Crippen LogP contribution >= 0.6 is 0 Å². The molecular weight excluding hydrogens is 273 g/mol. The summed E-state index contributed by atoms with van der Waals surface area (Å²) >= 11 is 0. The normalized spacial score (nSPS) is 13.1. The molecule has 0 unspecified atom stereocenters. The van der Waals surface area contributed by atoms with Crippen molar-refractivity contribution < 1.29 is 17.9 Å². The minimum atomic E-state index is -4.42. The summed E-state index contributed by atoms with van der Waals surface area (Å²) in [5.41, 5.74) is 4.75. The molecule has 5 nitrogen and oxygen atoms in total. The van der Waals surface area contributed by atoms with Crippen molar-refractivity contribution in [2.45, 2.75) is 19.1 Å². The fourth-order valence-corrected chi connectivity index (χ4v) is 1.34. The van der Waals surface area contributed by atoms with Crippen LogP contribution in [-0.2, 0) is 6.18 Å². The van der Waals surface area contributed by atoms with Crippen LogP contribution in [0.5, 0.6) is 11.6 Å². The summed E-state index contributed by atoms with van der Waals surface area (Å²) in [6, 6.07) is 1.70. The SMILES string of the molecule is C[C@H](N)c1ncc(Oc2ccc(C(F)(F)F)cn2)cn1. The van der Waals surface area contributed by atoms with Crippen LogP contribution < -0.4 is 10.5 Å². The van der Waals surface area contributed by atoms with Gasteiger partial charge in [0, 0.05) is 12.3 Å². The molecule has 2 N–H and O–H groups in total. The Kier molecular flexibility index (Phi) is 3.84. The van der Waals surface area contributed by atoms with Crippen LogP contribution in [0.2, 0.25) is 0 Å². The maximum atomic E-state index is 12.4. The van der Waals surface area contributed by atoms with Gasteiger partial charge in [-0.15, -0.1) is 0 Å². The molecule has 1 atom stereocenters. The molecule has 2 aromatic heterocycles. The fourth-order valence-electron chi connectivity index (χ4n) is 1.34. The lowest BCUT2D eigenvalue weighted by molar-refractivity contribution is -0.137. The molecule has 20 heavy (non-hydrogen) atoms. The van der Waals surface area contributed by atoms with Gasteiger partial charge >= 0.3 is 6.18 Å². The summed E-state index contributed by atoms with van der Waals surface area (Å²) in [6.07, 6.45) is -0.962. The number of nitrogens with zero attached hydrogens (tertiary/aromatic N) is 3. The Morgan fingerprint density at radius 2 is 1.75 bits per heavy atom. The molecule has 0 aliphatic rings. The third kappa shape index (κ3) is 3.41. The number of rotatable bonds is 3. The van der Waals surface area contributed by atoms with Crippen molar-refractivity contribution in [2.24, 2.45) is 5.73 Å². The van der Waals surface area contributed by atoms with E-state index in [4.69, 9.17) is 10.5 Å². The third-order valence-corrected chi connectivity index (χ3v) is 2.34. The highest BCUT2D eigenvalue weighted by molar-refractivity contribution is 5.25. The van der Waals surface area contributed by atoms with Crippen molar-refractivity contribution in [3.8, 4) is 11.6 Å². The first-order chi connectivity index (χ1) is 9.36. The minimum absolute atomic E-state index is 0.0233. The number of alkyl halides is 3. The molecule has 0 saturated carbocycles. The van der Waals surface area contributed by atoms with Crippen molar-refractivity contribution in [3.05, 3.63) is 42.1 Å². The van der Waals surface area contributed by atoms with Gasteiger partial charge in [0.15, 0.2) is 5.75 Å². The molecule has 2 heterocycles. The van der Waals surface area contributed by atoms with Crippen molar-refractivity contribution in [2.75, 3.05) is 0 Å². The molecule has 106 valence electrons. The number of hydrogen-bond acceptors (Lipinski definition) is 5. The zero-order valence-corrected chi connectivity index (χ0v) is 10.4.